The smallest absolute Gasteiger partial charge is 0.348 e. The van der Waals surface area contributed by atoms with Gasteiger partial charge in [0.05, 0.1) is 22.5 Å². The second kappa shape index (κ2) is 8.68. The molecule has 9 heteroatoms. The Labute approximate surface area is 178 Å². The molecule has 164 valence electrons. The first-order valence-electron chi connectivity index (χ1n) is 9.47. The summed E-state index contributed by atoms with van der Waals surface area (Å²) in [5.41, 5.74) is -0.455. The van der Waals surface area contributed by atoms with Crippen molar-refractivity contribution in [2.75, 3.05) is 0 Å². The van der Waals surface area contributed by atoms with E-state index >= 15 is 0 Å². The highest BCUT2D eigenvalue weighted by Crippen LogP contribution is 2.34. The lowest BCUT2D eigenvalue weighted by Crippen LogP contribution is -2.45. The van der Waals surface area contributed by atoms with E-state index in [2.05, 4.69) is 5.32 Å². The molecule has 3 aromatic rings. The van der Waals surface area contributed by atoms with E-state index in [0.717, 1.165) is 28.5 Å². The zero-order chi connectivity index (χ0) is 22.8. The van der Waals surface area contributed by atoms with Crippen LogP contribution in [0.1, 0.15) is 31.0 Å². The van der Waals surface area contributed by atoms with Crippen molar-refractivity contribution in [2.45, 2.75) is 37.0 Å². The van der Waals surface area contributed by atoms with Gasteiger partial charge in [-0.2, -0.15) is 17.9 Å². The van der Waals surface area contributed by atoms with Gasteiger partial charge in [0.15, 0.2) is 0 Å². The minimum Gasteiger partial charge on any atom is -0.348 e. The summed E-state index contributed by atoms with van der Waals surface area (Å²) in [6.45, 7) is 3.03. The molecular weight excluding hydrogens is 429 g/mol. The van der Waals surface area contributed by atoms with Crippen LogP contribution < -0.4 is 10.0 Å². The van der Waals surface area contributed by atoms with Crippen LogP contribution in [0.4, 0.5) is 13.2 Å². The quantitative estimate of drug-likeness (QED) is 0.585. The summed E-state index contributed by atoms with van der Waals surface area (Å²) in [6, 6.07) is 15.3. The maximum absolute atomic E-state index is 13.2. The first-order chi connectivity index (χ1) is 14.5. The van der Waals surface area contributed by atoms with Crippen LogP contribution in [0.2, 0.25) is 0 Å². The van der Waals surface area contributed by atoms with E-state index in [1.165, 1.54) is 13.0 Å². The second-order valence-corrected chi connectivity index (χ2v) is 8.82. The summed E-state index contributed by atoms with van der Waals surface area (Å²) in [7, 11) is -4.58. The Balaban J connectivity index is 1.78. The number of hydrogen-bond donors (Lipinski definition) is 2. The lowest BCUT2D eigenvalue weighted by molar-refractivity contribution is -0.139. The molecule has 0 heterocycles. The molecule has 0 aliphatic carbocycles. The fraction of sp³-hybridized carbons (Fsp3) is 0.227. The monoisotopic (exact) mass is 450 g/mol. The SMILES string of the molecule is CC(NS(=O)(=O)c1ccccc1C(F)(F)F)C(=O)NC(C)c1cccc2ccccc12. The molecule has 1 amide bonds. The molecular formula is C22H21F3N2O3S. The Hall–Kier alpha value is -2.91. The van der Waals surface area contributed by atoms with Gasteiger partial charge in [-0.3, -0.25) is 4.79 Å². The van der Waals surface area contributed by atoms with E-state index in [9.17, 15) is 26.4 Å². The van der Waals surface area contributed by atoms with E-state index in [4.69, 9.17) is 0 Å². The van der Waals surface area contributed by atoms with E-state index in [1.807, 2.05) is 47.2 Å². The van der Waals surface area contributed by atoms with E-state index in [0.29, 0.717) is 6.07 Å². The Bertz CT molecular complexity index is 1200. The molecule has 2 unspecified atom stereocenters. The number of carbonyl (C=O) groups is 1. The van der Waals surface area contributed by atoms with Crippen LogP contribution in [0.3, 0.4) is 0 Å². The molecule has 0 aliphatic rings. The van der Waals surface area contributed by atoms with Crippen molar-refractivity contribution >= 4 is 26.7 Å². The molecule has 3 rings (SSSR count). The molecule has 2 atom stereocenters. The first kappa shape index (κ1) is 22.8. The Morgan fingerprint density at radius 1 is 0.903 bits per heavy atom. The topological polar surface area (TPSA) is 75.3 Å². The average molecular weight is 450 g/mol. The highest BCUT2D eigenvalue weighted by atomic mass is 32.2. The summed E-state index contributed by atoms with van der Waals surface area (Å²) in [4.78, 5) is 11.7. The van der Waals surface area contributed by atoms with Crippen molar-refractivity contribution in [1.82, 2.24) is 10.0 Å². The van der Waals surface area contributed by atoms with Gasteiger partial charge in [-0.05, 0) is 42.3 Å². The molecule has 5 nitrogen and oxygen atoms in total. The predicted molar refractivity (Wildman–Crippen MR) is 112 cm³/mol. The second-order valence-electron chi connectivity index (χ2n) is 7.14. The van der Waals surface area contributed by atoms with Crippen molar-refractivity contribution in [3.05, 3.63) is 77.9 Å². The molecule has 0 aromatic heterocycles. The number of alkyl halides is 3. The number of benzene rings is 3. The molecule has 2 N–H and O–H groups in total. The van der Waals surface area contributed by atoms with Gasteiger partial charge < -0.3 is 5.32 Å². The highest BCUT2D eigenvalue weighted by Gasteiger charge is 2.37. The van der Waals surface area contributed by atoms with Gasteiger partial charge in [0.2, 0.25) is 15.9 Å². The fourth-order valence-corrected chi connectivity index (χ4v) is 4.76. The van der Waals surface area contributed by atoms with Gasteiger partial charge in [0.1, 0.15) is 0 Å². The number of hydrogen-bond acceptors (Lipinski definition) is 3. The molecule has 0 bridgehead atoms. The Kier molecular flexibility index (Phi) is 6.38. The molecule has 0 aliphatic heterocycles. The van der Waals surface area contributed by atoms with Crippen molar-refractivity contribution in [1.29, 1.82) is 0 Å². The minimum atomic E-state index is -4.85. The van der Waals surface area contributed by atoms with Crippen molar-refractivity contribution in [3.63, 3.8) is 0 Å². The third-order valence-electron chi connectivity index (χ3n) is 4.86. The summed E-state index contributed by atoms with van der Waals surface area (Å²) in [6.07, 6.45) is -4.85. The highest BCUT2D eigenvalue weighted by molar-refractivity contribution is 7.89. The van der Waals surface area contributed by atoms with Crippen LogP contribution in [-0.2, 0) is 21.0 Å². The largest absolute Gasteiger partial charge is 0.417 e. The predicted octanol–water partition coefficient (Wildman–Crippen LogP) is 4.40. The van der Waals surface area contributed by atoms with Gasteiger partial charge in [-0.1, -0.05) is 54.6 Å². The minimum absolute atomic E-state index is 0.451. The molecule has 0 saturated carbocycles. The first-order valence-corrected chi connectivity index (χ1v) is 11.0. The van der Waals surface area contributed by atoms with Crippen LogP contribution in [0.5, 0.6) is 0 Å². The number of carbonyl (C=O) groups excluding carboxylic acids is 1. The Morgan fingerprint density at radius 2 is 1.52 bits per heavy atom. The summed E-state index contributed by atoms with van der Waals surface area (Å²) >= 11 is 0. The van der Waals surface area contributed by atoms with E-state index in [1.54, 1.807) is 6.92 Å². The zero-order valence-electron chi connectivity index (χ0n) is 16.8. The fourth-order valence-electron chi connectivity index (χ4n) is 3.33. The van der Waals surface area contributed by atoms with Crippen LogP contribution in [-0.4, -0.2) is 20.4 Å². The zero-order valence-corrected chi connectivity index (χ0v) is 17.6. The standard InChI is InChI=1S/C22H21F3N2O3S/c1-14(17-11-7-9-16-8-3-4-10-18(16)17)26-21(28)15(2)27-31(29,30)20-13-6-5-12-19(20)22(23,24)25/h3-15,27H,1-2H3,(H,26,28). The van der Waals surface area contributed by atoms with E-state index < -0.39 is 44.6 Å². The van der Waals surface area contributed by atoms with Crippen LogP contribution in [0.25, 0.3) is 10.8 Å². The normalized spacial score (nSPS) is 14.2. The van der Waals surface area contributed by atoms with Gasteiger partial charge in [0.25, 0.3) is 0 Å². The van der Waals surface area contributed by atoms with Gasteiger partial charge >= 0.3 is 6.18 Å². The summed E-state index contributed by atoms with van der Waals surface area (Å²) in [5.74, 6) is -0.659. The third kappa shape index (κ3) is 5.05. The van der Waals surface area contributed by atoms with Crippen LogP contribution >= 0.6 is 0 Å². The number of amides is 1. The summed E-state index contributed by atoms with van der Waals surface area (Å²) in [5, 5.41) is 4.64. The molecule has 31 heavy (non-hydrogen) atoms. The maximum atomic E-state index is 13.2. The van der Waals surface area contributed by atoms with Crippen molar-refractivity contribution < 1.29 is 26.4 Å². The number of halogens is 3. The molecule has 0 fully saturated rings. The van der Waals surface area contributed by atoms with Gasteiger partial charge in [0, 0.05) is 0 Å². The molecule has 0 radical (unpaired) electrons. The Morgan fingerprint density at radius 3 is 2.23 bits per heavy atom. The number of rotatable bonds is 6. The average Bonchev–Trinajstić information content (AvgIpc) is 2.72. The van der Waals surface area contributed by atoms with Crippen molar-refractivity contribution in [3.8, 4) is 0 Å². The van der Waals surface area contributed by atoms with E-state index in [-0.39, 0.29) is 0 Å². The van der Waals surface area contributed by atoms with Gasteiger partial charge in [-0.25, -0.2) is 8.42 Å². The van der Waals surface area contributed by atoms with Crippen LogP contribution in [0.15, 0.2) is 71.6 Å². The molecule has 0 spiro atoms. The number of nitrogens with one attached hydrogen (secondary N) is 2. The molecule has 3 aromatic carbocycles. The van der Waals surface area contributed by atoms with Gasteiger partial charge in [-0.15, -0.1) is 0 Å². The van der Waals surface area contributed by atoms with Crippen LogP contribution in [0, 0.1) is 0 Å². The lowest BCUT2D eigenvalue weighted by Gasteiger charge is -2.21. The third-order valence-corrected chi connectivity index (χ3v) is 6.45. The maximum Gasteiger partial charge on any atom is 0.417 e. The lowest BCUT2D eigenvalue weighted by atomic mass is 9.99. The van der Waals surface area contributed by atoms with Crippen molar-refractivity contribution in [2.24, 2.45) is 0 Å². The number of sulfonamides is 1. The molecule has 0 saturated heterocycles. The summed E-state index contributed by atoms with van der Waals surface area (Å²) < 4.78 is 66.7. The number of fused-ring (bicyclic) bond motifs is 1.